The van der Waals surface area contributed by atoms with Gasteiger partial charge < -0.3 is 5.32 Å². The molecule has 6 heteroatoms. The van der Waals surface area contributed by atoms with E-state index < -0.39 is 0 Å². The number of para-hydroxylation sites is 1. The summed E-state index contributed by atoms with van der Waals surface area (Å²) in [5.74, 6) is 0.219. The third-order valence-corrected chi connectivity index (χ3v) is 5.21. The van der Waals surface area contributed by atoms with Crippen LogP contribution in [0.25, 0.3) is 5.69 Å². The molecule has 0 fully saturated rings. The van der Waals surface area contributed by atoms with Gasteiger partial charge in [0, 0.05) is 5.69 Å². The zero-order valence-corrected chi connectivity index (χ0v) is 16.0. The third-order valence-electron chi connectivity index (χ3n) is 4.27. The average molecular weight is 366 g/mol. The van der Waals surface area contributed by atoms with Crippen LogP contribution in [0.4, 0.5) is 5.69 Å². The molecule has 0 aliphatic carbocycles. The van der Waals surface area contributed by atoms with E-state index in [-0.39, 0.29) is 11.7 Å². The standard InChI is InChI=1S/C20H22N4OS/c1-4-16-7-5-6-8-18(16)24-13-21-23-20(24)26-12-19(25)22-17-10-9-14(2)15(3)11-17/h5-11,13H,4,12H2,1-3H3,(H,22,25). The number of hydrogen-bond acceptors (Lipinski definition) is 4. The summed E-state index contributed by atoms with van der Waals surface area (Å²) in [5.41, 5.74) is 5.45. The van der Waals surface area contributed by atoms with Crippen LogP contribution in [0.3, 0.4) is 0 Å². The molecule has 1 heterocycles. The first-order valence-corrected chi connectivity index (χ1v) is 9.55. The highest BCUT2D eigenvalue weighted by molar-refractivity contribution is 7.99. The maximum absolute atomic E-state index is 12.3. The molecule has 0 radical (unpaired) electrons. The molecule has 0 saturated heterocycles. The molecule has 0 aliphatic heterocycles. The monoisotopic (exact) mass is 366 g/mol. The topological polar surface area (TPSA) is 59.8 Å². The molecule has 2 aromatic carbocycles. The number of thioether (sulfide) groups is 1. The molecule has 0 unspecified atom stereocenters. The van der Waals surface area contributed by atoms with Crippen LogP contribution in [0.1, 0.15) is 23.6 Å². The molecule has 26 heavy (non-hydrogen) atoms. The van der Waals surface area contributed by atoms with E-state index in [0.717, 1.165) is 23.4 Å². The van der Waals surface area contributed by atoms with Crippen molar-refractivity contribution >= 4 is 23.4 Å². The highest BCUT2D eigenvalue weighted by Crippen LogP contribution is 2.23. The minimum absolute atomic E-state index is 0.0587. The predicted octanol–water partition coefficient (Wildman–Crippen LogP) is 4.18. The lowest BCUT2D eigenvalue weighted by molar-refractivity contribution is -0.113. The van der Waals surface area contributed by atoms with E-state index in [4.69, 9.17) is 0 Å². The van der Waals surface area contributed by atoms with Crippen molar-refractivity contribution in [2.24, 2.45) is 0 Å². The SMILES string of the molecule is CCc1ccccc1-n1cnnc1SCC(=O)Nc1ccc(C)c(C)c1. The van der Waals surface area contributed by atoms with E-state index in [2.05, 4.69) is 35.4 Å². The summed E-state index contributed by atoms with van der Waals surface area (Å²) in [6.45, 7) is 6.21. The number of nitrogens with one attached hydrogen (secondary N) is 1. The molecule has 0 spiro atoms. The zero-order chi connectivity index (χ0) is 18.5. The maximum Gasteiger partial charge on any atom is 0.234 e. The Morgan fingerprint density at radius 1 is 1.15 bits per heavy atom. The van der Waals surface area contributed by atoms with E-state index in [1.807, 2.05) is 47.9 Å². The zero-order valence-electron chi connectivity index (χ0n) is 15.2. The quantitative estimate of drug-likeness (QED) is 0.665. The average Bonchev–Trinajstić information content (AvgIpc) is 3.11. The number of benzene rings is 2. The summed E-state index contributed by atoms with van der Waals surface area (Å²) >= 11 is 1.38. The normalized spacial score (nSPS) is 10.7. The second-order valence-corrected chi connectivity index (χ2v) is 7.04. The number of aryl methyl sites for hydroxylation is 3. The van der Waals surface area contributed by atoms with Gasteiger partial charge in [0.1, 0.15) is 6.33 Å². The molecular weight excluding hydrogens is 344 g/mol. The molecule has 0 aliphatic rings. The van der Waals surface area contributed by atoms with Gasteiger partial charge in [-0.15, -0.1) is 10.2 Å². The first-order valence-electron chi connectivity index (χ1n) is 8.56. The number of rotatable bonds is 6. The van der Waals surface area contributed by atoms with Crippen LogP contribution in [0, 0.1) is 13.8 Å². The third kappa shape index (κ3) is 4.14. The van der Waals surface area contributed by atoms with Gasteiger partial charge in [0.05, 0.1) is 11.4 Å². The summed E-state index contributed by atoms with van der Waals surface area (Å²) in [6.07, 6.45) is 2.61. The molecule has 1 aromatic heterocycles. The van der Waals surface area contributed by atoms with Crippen molar-refractivity contribution in [2.75, 3.05) is 11.1 Å². The summed E-state index contributed by atoms with van der Waals surface area (Å²) in [4.78, 5) is 12.3. The van der Waals surface area contributed by atoms with Crippen LogP contribution in [0.15, 0.2) is 53.9 Å². The van der Waals surface area contributed by atoms with Crippen molar-refractivity contribution in [1.29, 1.82) is 0 Å². The van der Waals surface area contributed by atoms with Crippen LogP contribution in [-0.4, -0.2) is 26.4 Å². The van der Waals surface area contributed by atoms with Crippen molar-refractivity contribution in [2.45, 2.75) is 32.3 Å². The highest BCUT2D eigenvalue weighted by atomic mass is 32.2. The number of nitrogens with zero attached hydrogens (tertiary/aromatic N) is 3. The number of hydrogen-bond donors (Lipinski definition) is 1. The number of anilines is 1. The fourth-order valence-corrected chi connectivity index (χ4v) is 3.40. The first-order chi connectivity index (χ1) is 12.6. The summed E-state index contributed by atoms with van der Waals surface area (Å²) in [7, 11) is 0. The van der Waals surface area contributed by atoms with Gasteiger partial charge in [-0.2, -0.15) is 0 Å². The lowest BCUT2D eigenvalue weighted by atomic mass is 10.1. The van der Waals surface area contributed by atoms with Crippen molar-refractivity contribution in [3.63, 3.8) is 0 Å². The minimum atomic E-state index is -0.0587. The van der Waals surface area contributed by atoms with Gasteiger partial charge in [0.15, 0.2) is 5.16 Å². The molecule has 3 aromatic rings. The molecule has 0 saturated carbocycles. The summed E-state index contributed by atoms with van der Waals surface area (Å²) in [6, 6.07) is 14.1. The highest BCUT2D eigenvalue weighted by Gasteiger charge is 2.12. The van der Waals surface area contributed by atoms with Crippen LogP contribution >= 0.6 is 11.8 Å². The molecule has 3 rings (SSSR count). The lowest BCUT2D eigenvalue weighted by Gasteiger charge is -2.11. The Balaban J connectivity index is 1.68. The van der Waals surface area contributed by atoms with Crippen molar-refractivity contribution < 1.29 is 4.79 Å². The second-order valence-electron chi connectivity index (χ2n) is 6.10. The van der Waals surface area contributed by atoms with E-state index in [1.54, 1.807) is 6.33 Å². The Labute approximate surface area is 157 Å². The van der Waals surface area contributed by atoms with Crippen LogP contribution in [0.5, 0.6) is 0 Å². The summed E-state index contributed by atoms with van der Waals surface area (Å²) in [5, 5.41) is 11.8. The Morgan fingerprint density at radius 2 is 1.96 bits per heavy atom. The van der Waals surface area contributed by atoms with Gasteiger partial charge in [-0.25, -0.2) is 0 Å². The van der Waals surface area contributed by atoms with Crippen molar-refractivity contribution in [3.05, 3.63) is 65.5 Å². The molecule has 0 atom stereocenters. The van der Waals surface area contributed by atoms with Gasteiger partial charge in [0.2, 0.25) is 5.91 Å². The Kier molecular flexibility index (Phi) is 5.73. The minimum Gasteiger partial charge on any atom is -0.325 e. The van der Waals surface area contributed by atoms with E-state index >= 15 is 0 Å². The van der Waals surface area contributed by atoms with Crippen molar-refractivity contribution in [3.8, 4) is 5.69 Å². The molecule has 134 valence electrons. The fraction of sp³-hybridized carbons (Fsp3) is 0.250. The number of carbonyl (C=O) groups is 1. The largest absolute Gasteiger partial charge is 0.325 e. The summed E-state index contributed by atoms with van der Waals surface area (Å²) < 4.78 is 1.94. The molecule has 0 bridgehead atoms. The van der Waals surface area contributed by atoms with Gasteiger partial charge in [-0.3, -0.25) is 9.36 Å². The number of aromatic nitrogens is 3. The van der Waals surface area contributed by atoms with Gasteiger partial charge >= 0.3 is 0 Å². The van der Waals surface area contributed by atoms with E-state index in [0.29, 0.717) is 5.16 Å². The van der Waals surface area contributed by atoms with Gasteiger partial charge in [-0.05, 0) is 55.2 Å². The Morgan fingerprint density at radius 3 is 2.73 bits per heavy atom. The Bertz CT molecular complexity index is 920. The smallest absolute Gasteiger partial charge is 0.234 e. The first kappa shape index (κ1) is 18.2. The maximum atomic E-state index is 12.3. The fourth-order valence-electron chi connectivity index (χ4n) is 2.68. The van der Waals surface area contributed by atoms with Crippen molar-refractivity contribution in [1.82, 2.24) is 14.8 Å². The number of amides is 1. The lowest BCUT2D eigenvalue weighted by Crippen LogP contribution is -2.14. The Hall–Kier alpha value is -2.60. The van der Waals surface area contributed by atoms with Gasteiger partial charge in [0.25, 0.3) is 0 Å². The van der Waals surface area contributed by atoms with Crippen LogP contribution < -0.4 is 5.32 Å². The van der Waals surface area contributed by atoms with Gasteiger partial charge in [-0.1, -0.05) is 43.0 Å². The molecule has 1 amide bonds. The molecule has 5 nitrogen and oxygen atoms in total. The number of carbonyl (C=O) groups excluding carboxylic acids is 1. The predicted molar refractivity (Wildman–Crippen MR) is 106 cm³/mol. The van der Waals surface area contributed by atoms with Crippen LogP contribution in [0.2, 0.25) is 0 Å². The molecule has 1 N–H and O–H groups in total. The van der Waals surface area contributed by atoms with E-state index in [9.17, 15) is 4.79 Å². The van der Waals surface area contributed by atoms with Crippen LogP contribution in [-0.2, 0) is 11.2 Å². The molecular formula is C20H22N4OS. The van der Waals surface area contributed by atoms with E-state index in [1.165, 1.54) is 22.9 Å². The second kappa shape index (κ2) is 8.19.